The lowest BCUT2D eigenvalue weighted by atomic mass is 10.2. The fourth-order valence-electron chi connectivity index (χ4n) is 1.97. The molecule has 2 rings (SSSR count). The van der Waals surface area contributed by atoms with E-state index in [9.17, 15) is 4.79 Å². The highest BCUT2D eigenvalue weighted by Crippen LogP contribution is 2.12. The number of ether oxygens (including phenoxy) is 1. The molecule has 0 aliphatic carbocycles. The predicted molar refractivity (Wildman–Crippen MR) is 89.5 cm³/mol. The van der Waals surface area contributed by atoms with Crippen LogP contribution in [0.4, 0.5) is 10.5 Å². The number of rotatable bonds is 6. The number of benzene rings is 2. The van der Waals surface area contributed by atoms with Crippen LogP contribution >= 0.6 is 0 Å². The van der Waals surface area contributed by atoms with Gasteiger partial charge in [0.15, 0.2) is 0 Å². The molecule has 2 amide bonds. The number of carbonyl (C=O) groups excluding carboxylic acids is 1. The Labute approximate surface area is 131 Å². The molecular formula is C18H22N2O2. The molecule has 0 aromatic heterocycles. The van der Waals surface area contributed by atoms with Crippen LogP contribution in [0.2, 0.25) is 0 Å². The Kier molecular flexibility index (Phi) is 5.83. The van der Waals surface area contributed by atoms with Crippen molar-refractivity contribution >= 4 is 11.7 Å². The molecular weight excluding hydrogens is 276 g/mol. The number of amides is 2. The fourth-order valence-corrected chi connectivity index (χ4v) is 1.97. The quantitative estimate of drug-likeness (QED) is 0.798. The molecule has 0 spiro atoms. The summed E-state index contributed by atoms with van der Waals surface area (Å²) in [6.45, 7) is 5.01. The number of nitrogens with one attached hydrogen (secondary N) is 2. The average Bonchev–Trinajstić information content (AvgIpc) is 2.54. The van der Waals surface area contributed by atoms with E-state index >= 15 is 0 Å². The molecule has 0 bridgehead atoms. The van der Waals surface area contributed by atoms with Gasteiger partial charge in [0.05, 0.1) is 6.54 Å². The zero-order valence-corrected chi connectivity index (χ0v) is 13.1. The van der Waals surface area contributed by atoms with E-state index in [0.29, 0.717) is 13.2 Å². The minimum atomic E-state index is -0.228. The van der Waals surface area contributed by atoms with Gasteiger partial charge >= 0.3 is 6.03 Å². The van der Waals surface area contributed by atoms with E-state index in [-0.39, 0.29) is 6.03 Å². The van der Waals surface area contributed by atoms with Crippen LogP contribution in [0.15, 0.2) is 48.5 Å². The van der Waals surface area contributed by atoms with Crippen LogP contribution in [0, 0.1) is 6.92 Å². The minimum Gasteiger partial charge on any atom is -0.492 e. The third-order valence-electron chi connectivity index (χ3n) is 3.30. The average molecular weight is 298 g/mol. The molecule has 22 heavy (non-hydrogen) atoms. The van der Waals surface area contributed by atoms with Gasteiger partial charge in [0.25, 0.3) is 0 Å². The Hall–Kier alpha value is -2.49. The Morgan fingerprint density at radius 2 is 1.73 bits per heavy atom. The van der Waals surface area contributed by atoms with Crippen LogP contribution < -0.4 is 15.4 Å². The van der Waals surface area contributed by atoms with Crippen molar-refractivity contribution in [1.29, 1.82) is 0 Å². The van der Waals surface area contributed by atoms with Gasteiger partial charge in [-0.05, 0) is 43.2 Å². The summed E-state index contributed by atoms with van der Waals surface area (Å²) in [5, 5.41) is 5.54. The highest BCUT2D eigenvalue weighted by Gasteiger charge is 2.01. The summed E-state index contributed by atoms with van der Waals surface area (Å²) in [5.74, 6) is 0.818. The number of carbonyl (C=O) groups is 1. The molecule has 4 nitrogen and oxygen atoms in total. The molecule has 0 aliphatic rings. The van der Waals surface area contributed by atoms with E-state index < -0.39 is 0 Å². The molecule has 0 saturated heterocycles. The van der Waals surface area contributed by atoms with Crippen molar-refractivity contribution in [1.82, 2.24) is 5.32 Å². The normalized spacial score (nSPS) is 10.1. The van der Waals surface area contributed by atoms with Crippen LogP contribution in [0.5, 0.6) is 5.75 Å². The van der Waals surface area contributed by atoms with Gasteiger partial charge in [-0.25, -0.2) is 4.79 Å². The zero-order valence-electron chi connectivity index (χ0n) is 13.1. The number of anilines is 1. The first kappa shape index (κ1) is 15.9. The molecule has 0 saturated carbocycles. The summed E-state index contributed by atoms with van der Waals surface area (Å²) < 4.78 is 5.58. The molecule has 2 aromatic carbocycles. The lowest BCUT2D eigenvalue weighted by Crippen LogP contribution is -2.32. The number of aryl methyl sites for hydroxylation is 2. The monoisotopic (exact) mass is 298 g/mol. The van der Waals surface area contributed by atoms with Gasteiger partial charge in [0, 0.05) is 5.69 Å². The van der Waals surface area contributed by atoms with Crippen LogP contribution in [0.3, 0.4) is 0 Å². The molecule has 2 aromatic rings. The van der Waals surface area contributed by atoms with Crippen LogP contribution in [-0.4, -0.2) is 19.2 Å². The van der Waals surface area contributed by atoms with Gasteiger partial charge in [0.2, 0.25) is 0 Å². The van der Waals surface area contributed by atoms with E-state index in [2.05, 4.69) is 17.6 Å². The molecule has 0 atom stereocenters. The van der Waals surface area contributed by atoms with Gasteiger partial charge in [0.1, 0.15) is 12.4 Å². The van der Waals surface area contributed by atoms with Gasteiger partial charge in [-0.3, -0.25) is 0 Å². The molecule has 0 fully saturated rings. The lowest BCUT2D eigenvalue weighted by molar-refractivity contribution is 0.247. The Bertz CT molecular complexity index is 591. The Morgan fingerprint density at radius 1 is 1.05 bits per heavy atom. The van der Waals surface area contributed by atoms with Crippen LogP contribution in [0.25, 0.3) is 0 Å². The Balaban J connectivity index is 1.67. The van der Waals surface area contributed by atoms with Crippen molar-refractivity contribution in [2.45, 2.75) is 20.3 Å². The maximum absolute atomic E-state index is 11.7. The molecule has 0 unspecified atom stereocenters. The highest BCUT2D eigenvalue weighted by molar-refractivity contribution is 5.89. The smallest absolute Gasteiger partial charge is 0.319 e. The Morgan fingerprint density at radius 3 is 2.36 bits per heavy atom. The second kappa shape index (κ2) is 8.08. The largest absolute Gasteiger partial charge is 0.492 e. The van der Waals surface area contributed by atoms with Crippen LogP contribution in [0.1, 0.15) is 18.1 Å². The number of urea groups is 1. The molecule has 4 heteroatoms. The second-order valence-corrected chi connectivity index (χ2v) is 5.09. The first-order valence-corrected chi connectivity index (χ1v) is 7.50. The molecule has 2 N–H and O–H groups in total. The van der Waals surface area contributed by atoms with Crippen molar-refractivity contribution in [2.75, 3.05) is 18.5 Å². The summed E-state index contributed by atoms with van der Waals surface area (Å²) in [7, 11) is 0. The van der Waals surface area contributed by atoms with Gasteiger partial charge < -0.3 is 15.4 Å². The number of hydrogen-bond donors (Lipinski definition) is 2. The topological polar surface area (TPSA) is 50.4 Å². The van der Waals surface area contributed by atoms with Gasteiger partial charge in [-0.2, -0.15) is 0 Å². The van der Waals surface area contributed by atoms with Crippen molar-refractivity contribution in [2.24, 2.45) is 0 Å². The number of hydrogen-bond acceptors (Lipinski definition) is 2. The van der Waals surface area contributed by atoms with Crippen LogP contribution in [-0.2, 0) is 6.42 Å². The molecule has 116 valence electrons. The third kappa shape index (κ3) is 5.13. The lowest BCUT2D eigenvalue weighted by Gasteiger charge is -2.09. The van der Waals surface area contributed by atoms with E-state index in [0.717, 1.165) is 23.4 Å². The van der Waals surface area contributed by atoms with Crippen molar-refractivity contribution in [3.63, 3.8) is 0 Å². The summed E-state index contributed by atoms with van der Waals surface area (Å²) in [6.07, 6.45) is 1.01. The second-order valence-electron chi connectivity index (χ2n) is 5.09. The molecule has 0 aliphatic heterocycles. The fraction of sp³-hybridized carbons (Fsp3) is 0.278. The third-order valence-corrected chi connectivity index (χ3v) is 3.30. The standard InChI is InChI=1S/C18H22N2O2/c1-3-15-6-10-17(11-7-15)22-13-12-19-18(21)20-16-8-4-14(2)5-9-16/h4-11H,3,12-13H2,1-2H3,(H2,19,20,21). The summed E-state index contributed by atoms with van der Waals surface area (Å²) in [6, 6.07) is 15.4. The van der Waals surface area contributed by atoms with Crippen molar-refractivity contribution < 1.29 is 9.53 Å². The maximum atomic E-state index is 11.7. The van der Waals surface area contributed by atoms with E-state index in [1.165, 1.54) is 5.56 Å². The molecule has 0 heterocycles. The summed E-state index contributed by atoms with van der Waals surface area (Å²) in [5.41, 5.74) is 3.22. The first-order valence-electron chi connectivity index (χ1n) is 7.50. The van der Waals surface area contributed by atoms with Gasteiger partial charge in [-0.1, -0.05) is 36.8 Å². The minimum absolute atomic E-state index is 0.228. The van der Waals surface area contributed by atoms with Crippen molar-refractivity contribution in [3.8, 4) is 5.75 Å². The first-order chi connectivity index (χ1) is 10.7. The predicted octanol–water partition coefficient (Wildman–Crippen LogP) is 3.76. The van der Waals surface area contributed by atoms with E-state index in [1.54, 1.807) is 0 Å². The van der Waals surface area contributed by atoms with Crippen molar-refractivity contribution in [3.05, 3.63) is 59.7 Å². The summed E-state index contributed by atoms with van der Waals surface area (Å²) in [4.78, 5) is 11.7. The van der Waals surface area contributed by atoms with E-state index in [1.807, 2.05) is 55.5 Å². The zero-order chi connectivity index (χ0) is 15.8. The van der Waals surface area contributed by atoms with Gasteiger partial charge in [-0.15, -0.1) is 0 Å². The summed E-state index contributed by atoms with van der Waals surface area (Å²) >= 11 is 0. The SMILES string of the molecule is CCc1ccc(OCCNC(=O)Nc2ccc(C)cc2)cc1. The maximum Gasteiger partial charge on any atom is 0.319 e. The van der Waals surface area contributed by atoms with E-state index in [4.69, 9.17) is 4.74 Å². The molecule has 0 radical (unpaired) electrons. The highest BCUT2D eigenvalue weighted by atomic mass is 16.5.